The van der Waals surface area contributed by atoms with Crippen molar-refractivity contribution in [3.05, 3.63) is 253 Å². The highest BCUT2D eigenvalue weighted by Crippen LogP contribution is 2.68. The largest absolute Gasteiger partial charge is 0.393 e. The lowest BCUT2D eigenvalue weighted by Gasteiger charge is -2.61. The van der Waals surface area contributed by atoms with E-state index in [1.807, 2.05) is 48.8 Å². The maximum atomic E-state index is 15.7. The highest BCUT2D eigenvalue weighted by molar-refractivity contribution is 5.82. The smallest absolute Gasteiger partial charge is 0.298 e. The molecule has 8 bridgehead atoms. The summed E-state index contributed by atoms with van der Waals surface area (Å²) in [6, 6.07) is 29.3. The first kappa shape index (κ1) is 101. The van der Waals surface area contributed by atoms with Crippen LogP contribution in [0.15, 0.2) is 190 Å². The van der Waals surface area contributed by atoms with Gasteiger partial charge >= 0.3 is 0 Å². The van der Waals surface area contributed by atoms with Crippen LogP contribution in [0.4, 0.5) is 39.5 Å². The van der Waals surface area contributed by atoms with Gasteiger partial charge in [-0.25, -0.2) is 69.4 Å². The van der Waals surface area contributed by atoms with Crippen molar-refractivity contribution in [2.75, 3.05) is 0 Å². The molecule has 5 aliphatic heterocycles. The number of alkyl halides is 4. The van der Waals surface area contributed by atoms with Crippen molar-refractivity contribution < 1.29 is 95.7 Å². The van der Waals surface area contributed by atoms with Gasteiger partial charge in [0.2, 0.25) is 0 Å². The lowest BCUT2D eigenvalue weighted by Crippen LogP contribution is -2.59. The molecule has 0 spiro atoms. The molecule has 7 aromatic heterocycles. The fourth-order valence-electron chi connectivity index (χ4n) is 31.4. The number of aliphatic hydroxyl groups is 11. The Labute approximate surface area is 863 Å². The Morgan fingerprint density at radius 2 is 0.873 bits per heavy atom. The number of hydrogen-bond donors (Lipinski definition) is 11. The van der Waals surface area contributed by atoms with Crippen molar-refractivity contribution in [2.24, 2.45) is 51.2 Å². The molecule has 33 heteroatoms. The van der Waals surface area contributed by atoms with E-state index in [2.05, 4.69) is 58.7 Å². The maximum Gasteiger partial charge on any atom is 0.298 e. The summed E-state index contributed by atoms with van der Waals surface area (Å²) in [6.45, 7) is 0.334. The Balaban J connectivity index is 0.0000000959. The van der Waals surface area contributed by atoms with Gasteiger partial charge in [-0.1, -0.05) is 92.1 Å². The Hall–Kier alpha value is -10.7. The Bertz CT molecular complexity index is 7100. The number of rotatable bonds is 18. The van der Waals surface area contributed by atoms with Crippen LogP contribution in [-0.4, -0.2) is 195 Å². The van der Waals surface area contributed by atoms with Gasteiger partial charge in [0.05, 0.1) is 174 Å². The van der Waals surface area contributed by atoms with Crippen molar-refractivity contribution in [3.8, 4) is 50.7 Å². The van der Waals surface area contributed by atoms with Crippen LogP contribution >= 0.6 is 0 Å². The first-order chi connectivity index (χ1) is 72.1. The van der Waals surface area contributed by atoms with Gasteiger partial charge in [-0.05, 0) is 294 Å². The van der Waals surface area contributed by atoms with Gasteiger partial charge < -0.3 is 83.6 Å². The second-order valence-corrected chi connectivity index (χ2v) is 47.6. The number of para-hydroxylation sites is 1. The molecule has 13 aromatic rings. The number of aliphatic hydroxyl groups excluding tert-OH is 8. The van der Waals surface area contributed by atoms with Crippen LogP contribution in [0.25, 0.3) is 67.4 Å². The van der Waals surface area contributed by atoms with Gasteiger partial charge in [-0.2, -0.15) is 0 Å². The molecule has 0 saturated heterocycles. The average molecular weight is 2070 g/mol. The minimum Gasteiger partial charge on any atom is -0.393 e. The van der Waals surface area contributed by atoms with E-state index in [-0.39, 0.29) is 81.0 Å². The summed E-state index contributed by atoms with van der Waals surface area (Å²) in [6.07, 6.45) is 40.4. The van der Waals surface area contributed by atoms with E-state index in [1.165, 1.54) is 126 Å². The van der Waals surface area contributed by atoms with Crippen LogP contribution in [-0.2, 0) is 6.54 Å². The van der Waals surface area contributed by atoms with E-state index < -0.39 is 100 Å². The minimum atomic E-state index is -3.57. The molecule has 14 fully saturated rings. The summed E-state index contributed by atoms with van der Waals surface area (Å²) < 4.78 is 147. The first-order valence-electron chi connectivity index (χ1n) is 54.4. The second-order valence-electron chi connectivity index (χ2n) is 47.6. The number of aromatic nitrogens is 13. The molecular formula is C117H132F9N13O11. The molecule has 13 unspecified atom stereocenters. The van der Waals surface area contributed by atoms with Crippen LogP contribution in [0.3, 0.4) is 0 Å². The van der Waals surface area contributed by atoms with Gasteiger partial charge in [0, 0.05) is 67.5 Å². The fourth-order valence-corrected chi connectivity index (χ4v) is 31.4. The molecule has 150 heavy (non-hydrogen) atoms. The van der Waals surface area contributed by atoms with Crippen molar-refractivity contribution in [1.82, 2.24) is 61.7 Å². The number of nitrogens with zero attached hydrogens (tertiary/aromatic N) is 13. The molecule has 24 nitrogen and oxygen atoms in total. The predicted octanol–water partition coefficient (Wildman–Crippen LogP) is 20.3. The van der Waals surface area contributed by atoms with Gasteiger partial charge in [-0.3, -0.25) is 4.40 Å². The quantitative estimate of drug-likeness (QED) is 0.0356. The van der Waals surface area contributed by atoms with E-state index >= 15 is 17.6 Å². The van der Waals surface area contributed by atoms with Gasteiger partial charge in [0.1, 0.15) is 70.9 Å². The van der Waals surface area contributed by atoms with Crippen LogP contribution in [0.1, 0.15) is 288 Å². The highest BCUT2D eigenvalue weighted by atomic mass is 19.3. The van der Waals surface area contributed by atoms with Crippen LogP contribution < -0.4 is 0 Å². The number of benzene rings is 6. The third-order valence-electron chi connectivity index (χ3n) is 39.2. The lowest BCUT2D eigenvalue weighted by molar-refractivity contribution is -0.217. The predicted molar refractivity (Wildman–Crippen MR) is 541 cm³/mol. The van der Waals surface area contributed by atoms with Crippen LogP contribution in [0.5, 0.6) is 0 Å². The van der Waals surface area contributed by atoms with Gasteiger partial charge in [0.25, 0.3) is 11.8 Å². The summed E-state index contributed by atoms with van der Waals surface area (Å²) in [4.78, 5) is 24.9. The second kappa shape index (κ2) is 38.5. The standard InChI is InChI=1S/C22H25FN2O2.C20H21F3N2O2.C20H23FN2O2.C20H24N2O.C18H19F3N2O2.C17H20FN3O2/c23-16-2-1-3-17-20(16)15(18-10-24-12-25(17)18)5-19(26)21-6-13-4-14(7-21)9-22(27,8-13)11-21;21-13-3-1-2-12-14-10-24-11-25(14)16(15(12)13)20(22,23)17(26)18-4-7-19(27,8-5-18)9-6-18;21-14-3-1-2-13-16-11-22-12-23(16)15(18(13)14)10-17(24)19-4-7-20(25,8-5-19)9-6-19;23-19(14-6-2-1-3-7-14)20(10-11-20)18-16-9-5-4-8-15(16)17-12-21-13-22(17)18;19-13-3-1-2-12-14-8-22-9-23(14)16(15(12)13)18(20,21)17(25)10-4-6-11(24)7-5-10;18-13-2-1-3-14-17(13)20(16-8-19-10-21(14)16)9-15(23)11-4-6-12(22)7-5-11/h1-3,10,12-15,19,26-27H,4-9,11H2;1-3,10-11,16-17,26-27H,4-9H2;1-3,11-12,15,17,24-25H,4-10H2;4-5,8-9,12-14,18-19,23H,1-3,6-7,10-11H2;1-3,8-11,16-17,24-25H,4-7H2;1-3,8,10-12,15,22-23H,4-7,9H2. The van der Waals surface area contributed by atoms with E-state index in [0.29, 0.717) is 147 Å². The van der Waals surface area contributed by atoms with Gasteiger partial charge in [0.15, 0.2) is 0 Å². The first-order valence-corrected chi connectivity index (χ1v) is 54.4. The SMILES string of the molecule is OC(C12CCC(O)(CC1)CC2)C(F)(F)C1c2c(F)cccc2-c2cncn21.OC(C1CCCCC1)C1(C2c3ccccc3-c3cncn32)CC1.OC(CC1c2c(F)cccc2-c2cncn21)C12CCC(O)(CC1)CC2.OC(CC1c2c(F)cccc2-n2cncc21)C12CC3CC(CC(O)(C3)C1)C2.OC1CCC(C(O)C(F)(F)C2c3c(F)cccc3-c3cncn32)CC1.OC1CCC(C(O)Cn2c3c(F)cccc3n3cncc23)CC1. The molecule has 0 radical (unpaired) electrons. The summed E-state index contributed by atoms with van der Waals surface area (Å²) in [5, 5.41) is 117. The summed E-state index contributed by atoms with van der Waals surface area (Å²) in [5.74, 6) is -8.37. The van der Waals surface area contributed by atoms with Crippen molar-refractivity contribution in [2.45, 2.75) is 339 Å². The average Bonchev–Trinajstić information content (AvgIpc) is 1.52. The Morgan fingerprint density at radius 3 is 1.45 bits per heavy atom. The zero-order valence-electron chi connectivity index (χ0n) is 83.9. The van der Waals surface area contributed by atoms with Crippen LogP contribution in [0.2, 0.25) is 0 Å². The Kier molecular flexibility index (Phi) is 26.0. The zero-order chi connectivity index (χ0) is 104. The number of imidazole rings is 7. The monoisotopic (exact) mass is 2070 g/mol. The molecule has 13 atom stereocenters. The summed E-state index contributed by atoms with van der Waals surface area (Å²) >= 11 is 0. The number of fused-ring (bicyclic) bond motifs is 24. The minimum absolute atomic E-state index is 0.0318. The zero-order valence-corrected chi connectivity index (χ0v) is 83.9. The molecule has 32 rings (SSSR count). The molecule has 14 saturated carbocycles. The van der Waals surface area contributed by atoms with Crippen LogP contribution in [0, 0.1) is 80.3 Å². The molecular weight excluding hydrogens is 1930 g/mol. The number of hydrogen-bond acceptors (Lipinski definition) is 17. The Morgan fingerprint density at radius 1 is 0.400 bits per heavy atom. The lowest BCUT2D eigenvalue weighted by atomic mass is 9.46. The van der Waals surface area contributed by atoms with E-state index in [4.69, 9.17) is 0 Å². The normalized spacial score (nSPS) is 30.9. The summed E-state index contributed by atoms with van der Waals surface area (Å²) in [5.41, 5.74) is 9.21. The van der Waals surface area contributed by atoms with Crippen molar-refractivity contribution in [1.29, 1.82) is 0 Å². The third-order valence-corrected chi connectivity index (χ3v) is 39.2. The van der Waals surface area contributed by atoms with E-state index in [9.17, 15) is 78.1 Å². The molecule has 11 N–H and O–H groups in total. The topological polar surface area (TPSA) is 334 Å². The maximum absolute atomic E-state index is 15.7. The summed E-state index contributed by atoms with van der Waals surface area (Å²) in [7, 11) is 0. The number of halogens is 9. The van der Waals surface area contributed by atoms with E-state index in [0.717, 1.165) is 143 Å². The van der Waals surface area contributed by atoms with Crippen molar-refractivity contribution >= 4 is 16.7 Å². The molecule has 0 amide bonds. The molecule has 19 aliphatic rings. The molecule has 6 aromatic carbocycles. The molecule has 794 valence electrons. The third kappa shape index (κ3) is 17.2. The van der Waals surface area contributed by atoms with Crippen molar-refractivity contribution in [3.63, 3.8) is 0 Å². The van der Waals surface area contributed by atoms with E-state index in [1.54, 1.807) is 67.9 Å². The molecule has 14 aliphatic carbocycles. The fraction of sp³-hybridized carbons (Fsp3) is 0.538. The molecule has 12 heterocycles. The highest BCUT2D eigenvalue weighted by Gasteiger charge is 2.66. The van der Waals surface area contributed by atoms with Gasteiger partial charge in [-0.15, -0.1) is 0 Å².